The number of rotatable bonds is 11. The van der Waals surface area contributed by atoms with E-state index >= 15 is 0 Å². The minimum absolute atomic E-state index is 0.0169. The lowest BCUT2D eigenvalue weighted by molar-refractivity contribution is -0.149. The molecule has 1 aromatic rings. The number of carbonyl (C=O) groups excluding carboxylic acids is 4. The van der Waals surface area contributed by atoms with Crippen molar-refractivity contribution in [3.63, 3.8) is 0 Å². The van der Waals surface area contributed by atoms with Crippen LogP contribution in [0.25, 0.3) is 0 Å². The molecule has 1 saturated heterocycles. The summed E-state index contributed by atoms with van der Waals surface area (Å²) in [6, 6.07) is 1.86. The average molecular weight is 478 g/mol. The number of primary amides is 1. The van der Waals surface area contributed by atoms with Gasteiger partial charge in [0.05, 0.1) is 6.04 Å². The van der Waals surface area contributed by atoms with Gasteiger partial charge in [-0.1, -0.05) is 12.1 Å². The van der Waals surface area contributed by atoms with Crippen LogP contribution < -0.4 is 22.1 Å². The number of nitrogens with two attached hydrogens (primary N) is 2. The first-order valence-electron chi connectivity index (χ1n) is 11.0. The third-order valence-corrected chi connectivity index (χ3v) is 5.60. The predicted molar refractivity (Wildman–Crippen MR) is 120 cm³/mol. The first-order chi connectivity index (χ1) is 16.0. The van der Waals surface area contributed by atoms with Crippen LogP contribution in [-0.4, -0.2) is 75.4 Å². The van der Waals surface area contributed by atoms with Crippen molar-refractivity contribution in [2.75, 3.05) is 6.54 Å². The van der Waals surface area contributed by atoms with Crippen molar-refractivity contribution in [1.82, 2.24) is 15.5 Å². The van der Waals surface area contributed by atoms with Crippen LogP contribution in [0.15, 0.2) is 24.3 Å². The Morgan fingerprint density at radius 3 is 2.35 bits per heavy atom. The van der Waals surface area contributed by atoms with Crippen molar-refractivity contribution in [3.8, 4) is 5.75 Å². The van der Waals surface area contributed by atoms with Crippen LogP contribution in [0.4, 0.5) is 0 Å². The van der Waals surface area contributed by atoms with E-state index < -0.39 is 53.8 Å². The molecule has 0 radical (unpaired) electrons. The number of carbonyl (C=O) groups is 5. The van der Waals surface area contributed by atoms with Crippen LogP contribution in [0.5, 0.6) is 5.75 Å². The highest BCUT2D eigenvalue weighted by molar-refractivity contribution is 5.94. The van der Waals surface area contributed by atoms with E-state index in [0.717, 1.165) is 0 Å². The minimum atomic E-state index is -1.12. The van der Waals surface area contributed by atoms with Crippen LogP contribution in [0.3, 0.4) is 0 Å². The van der Waals surface area contributed by atoms with Crippen molar-refractivity contribution < 1.29 is 34.2 Å². The zero-order chi connectivity index (χ0) is 25.4. The van der Waals surface area contributed by atoms with Gasteiger partial charge in [0, 0.05) is 19.4 Å². The van der Waals surface area contributed by atoms with E-state index in [0.29, 0.717) is 18.4 Å². The largest absolute Gasteiger partial charge is 0.508 e. The lowest BCUT2D eigenvalue weighted by Gasteiger charge is -2.28. The number of aromatic hydroxyl groups is 1. The number of likely N-dealkylation sites (tertiary alicyclic amines) is 1. The molecule has 34 heavy (non-hydrogen) atoms. The summed E-state index contributed by atoms with van der Waals surface area (Å²) in [4.78, 5) is 61.9. The maximum atomic E-state index is 13.2. The summed E-state index contributed by atoms with van der Waals surface area (Å²) in [6.07, 6.45) is 0.823. The van der Waals surface area contributed by atoms with Crippen molar-refractivity contribution in [1.29, 1.82) is 0 Å². The highest BCUT2D eigenvalue weighted by Gasteiger charge is 2.38. The van der Waals surface area contributed by atoms with Crippen molar-refractivity contribution in [3.05, 3.63) is 29.8 Å². The Morgan fingerprint density at radius 2 is 1.76 bits per heavy atom. The van der Waals surface area contributed by atoms with E-state index in [2.05, 4.69) is 10.6 Å². The van der Waals surface area contributed by atoms with E-state index in [4.69, 9.17) is 11.5 Å². The number of amides is 4. The van der Waals surface area contributed by atoms with E-state index in [1.807, 2.05) is 0 Å². The molecule has 0 spiro atoms. The molecule has 1 heterocycles. The van der Waals surface area contributed by atoms with Gasteiger partial charge in [-0.2, -0.15) is 0 Å². The Morgan fingerprint density at radius 1 is 1.12 bits per heavy atom. The van der Waals surface area contributed by atoms with Gasteiger partial charge in [0.15, 0.2) is 0 Å². The fraction of sp³-hybridized carbons (Fsp3) is 0.500. The summed E-state index contributed by atoms with van der Waals surface area (Å²) in [5.41, 5.74) is 11.4. The van der Waals surface area contributed by atoms with E-state index in [-0.39, 0.29) is 31.6 Å². The first kappa shape index (κ1) is 26.6. The Kier molecular flexibility index (Phi) is 9.36. The molecule has 4 atom stereocenters. The van der Waals surface area contributed by atoms with Gasteiger partial charge in [0.25, 0.3) is 0 Å². The van der Waals surface area contributed by atoms with Gasteiger partial charge in [-0.25, -0.2) is 4.79 Å². The SMILES string of the molecule is CC(NC(=O)C(N)CCC(N)=O)C(=O)NC(Cc1ccc(O)cc1)C(=O)N1CCCC1C(=O)O. The Balaban J connectivity index is 2.11. The molecule has 0 aliphatic carbocycles. The van der Waals surface area contributed by atoms with E-state index in [1.54, 1.807) is 12.1 Å². The average Bonchev–Trinajstić information content (AvgIpc) is 3.28. The number of carboxylic acid groups (broad SMARTS) is 1. The maximum absolute atomic E-state index is 13.2. The van der Waals surface area contributed by atoms with E-state index in [1.165, 1.54) is 24.0 Å². The topological polar surface area (TPSA) is 205 Å². The summed E-state index contributed by atoms with van der Waals surface area (Å²) in [5.74, 6) is -3.57. The summed E-state index contributed by atoms with van der Waals surface area (Å²) in [5, 5.41) is 24.0. The number of nitrogens with one attached hydrogen (secondary N) is 2. The first-order valence-corrected chi connectivity index (χ1v) is 11.0. The highest BCUT2D eigenvalue weighted by Crippen LogP contribution is 2.20. The molecule has 12 nitrogen and oxygen atoms in total. The van der Waals surface area contributed by atoms with Gasteiger partial charge in [-0.05, 0) is 43.9 Å². The molecule has 1 aromatic carbocycles. The van der Waals surface area contributed by atoms with E-state index in [9.17, 15) is 34.2 Å². The summed E-state index contributed by atoms with van der Waals surface area (Å²) in [7, 11) is 0. The highest BCUT2D eigenvalue weighted by atomic mass is 16.4. The zero-order valence-electron chi connectivity index (χ0n) is 18.9. The number of phenols is 1. The molecule has 1 fully saturated rings. The maximum Gasteiger partial charge on any atom is 0.326 e. The monoisotopic (exact) mass is 477 g/mol. The van der Waals surface area contributed by atoms with Gasteiger partial charge in [0.1, 0.15) is 23.9 Å². The standard InChI is InChI=1S/C22H31N5O7/c1-12(25-20(31)15(23)8-9-18(24)29)19(30)26-16(11-13-4-6-14(28)7-5-13)21(32)27-10-2-3-17(27)22(33)34/h4-7,12,15-17,28H,2-3,8-11,23H2,1H3,(H2,24,29)(H,25,31)(H,26,30)(H,33,34). The van der Waals surface area contributed by atoms with Gasteiger partial charge in [0.2, 0.25) is 23.6 Å². The third kappa shape index (κ3) is 7.44. The normalized spacial score (nSPS) is 17.9. The number of hydrogen-bond donors (Lipinski definition) is 6. The van der Waals surface area contributed by atoms with Gasteiger partial charge >= 0.3 is 5.97 Å². The number of nitrogens with zero attached hydrogens (tertiary/aromatic N) is 1. The molecule has 4 unspecified atom stereocenters. The molecule has 0 bridgehead atoms. The van der Waals surface area contributed by atoms with Crippen LogP contribution in [-0.2, 0) is 30.4 Å². The van der Waals surface area contributed by atoms with Crippen molar-refractivity contribution in [2.24, 2.45) is 11.5 Å². The second-order valence-corrected chi connectivity index (χ2v) is 8.30. The molecule has 0 saturated carbocycles. The fourth-order valence-electron chi connectivity index (χ4n) is 3.67. The molecular formula is C22H31N5O7. The van der Waals surface area contributed by atoms with Gasteiger partial charge in [-0.15, -0.1) is 0 Å². The molecular weight excluding hydrogens is 446 g/mol. The number of hydrogen-bond acceptors (Lipinski definition) is 7. The fourth-order valence-corrected chi connectivity index (χ4v) is 3.67. The number of benzene rings is 1. The minimum Gasteiger partial charge on any atom is -0.508 e. The Labute approximate surface area is 196 Å². The number of carboxylic acids is 1. The van der Waals surface area contributed by atoms with Gasteiger partial charge < -0.3 is 37.2 Å². The van der Waals surface area contributed by atoms with Crippen LogP contribution in [0, 0.1) is 0 Å². The lowest BCUT2D eigenvalue weighted by Crippen LogP contribution is -2.57. The molecule has 186 valence electrons. The Hall–Kier alpha value is -3.67. The molecule has 4 amide bonds. The van der Waals surface area contributed by atoms with Crippen LogP contribution in [0.1, 0.15) is 38.2 Å². The zero-order valence-corrected chi connectivity index (χ0v) is 18.9. The third-order valence-electron chi connectivity index (χ3n) is 5.60. The van der Waals surface area contributed by atoms with Crippen molar-refractivity contribution in [2.45, 2.75) is 63.2 Å². The van der Waals surface area contributed by atoms with Gasteiger partial charge in [-0.3, -0.25) is 19.2 Å². The van der Waals surface area contributed by atoms with Crippen molar-refractivity contribution >= 4 is 29.6 Å². The predicted octanol–water partition coefficient (Wildman–Crippen LogP) is -1.41. The Bertz CT molecular complexity index is 921. The van der Waals surface area contributed by atoms with Crippen LogP contribution in [0.2, 0.25) is 0 Å². The molecule has 2 rings (SSSR count). The lowest BCUT2D eigenvalue weighted by atomic mass is 10.0. The number of aliphatic carboxylic acids is 1. The summed E-state index contributed by atoms with van der Waals surface area (Å²) in [6.45, 7) is 1.66. The second kappa shape index (κ2) is 12.0. The second-order valence-electron chi connectivity index (χ2n) is 8.30. The smallest absolute Gasteiger partial charge is 0.326 e. The summed E-state index contributed by atoms with van der Waals surface area (Å²) < 4.78 is 0. The molecule has 12 heteroatoms. The molecule has 8 N–H and O–H groups in total. The molecule has 1 aliphatic rings. The van der Waals surface area contributed by atoms with Crippen LogP contribution >= 0.6 is 0 Å². The quantitative estimate of drug-likeness (QED) is 0.223. The molecule has 1 aliphatic heterocycles. The molecule has 0 aromatic heterocycles. The summed E-state index contributed by atoms with van der Waals surface area (Å²) >= 11 is 0. The number of phenolic OH excluding ortho intramolecular Hbond substituents is 1.